The van der Waals surface area contributed by atoms with E-state index in [1.807, 2.05) is 0 Å². The molecule has 9 heteroatoms. The fourth-order valence-electron chi connectivity index (χ4n) is 2.64. The molecule has 150 valence electrons. The number of esters is 1. The summed E-state index contributed by atoms with van der Waals surface area (Å²) in [4.78, 5) is 15.7. The van der Waals surface area contributed by atoms with Crippen LogP contribution in [0.3, 0.4) is 0 Å². The third-order valence-electron chi connectivity index (χ3n) is 4.04. The molecule has 3 aromatic rings. The Morgan fingerprint density at radius 1 is 1.00 bits per heavy atom. The molecule has 0 unspecified atom stereocenters. The van der Waals surface area contributed by atoms with Gasteiger partial charge in [-0.3, -0.25) is 9.71 Å². The van der Waals surface area contributed by atoms with E-state index < -0.39 is 16.0 Å². The second-order valence-electron chi connectivity index (χ2n) is 5.93. The Labute approximate surface area is 176 Å². The highest BCUT2D eigenvalue weighted by Crippen LogP contribution is 2.30. The molecule has 0 saturated heterocycles. The summed E-state index contributed by atoms with van der Waals surface area (Å²) < 4.78 is 38.7. The molecule has 0 atom stereocenters. The van der Waals surface area contributed by atoms with Gasteiger partial charge in [-0.15, -0.1) is 0 Å². The van der Waals surface area contributed by atoms with Gasteiger partial charge in [0.15, 0.2) is 0 Å². The number of carbonyl (C=O) groups is 1. The van der Waals surface area contributed by atoms with Crippen molar-refractivity contribution in [2.24, 2.45) is 0 Å². The minimum Gasteiger partial charge on any atom is -0.495 e. The minimum atomic E-state index is -3.91. The summed E-state index contributed by atoms with van der Waals surface area (Å²) in [6.07, 6.45) is 3.01. The highest BCUT2D eigenvalue weighted by Gasteiger charge is 2.20. The molecular formula is C20H17BrN2O5S. The van der Waals surface area contributed by atoms with E-state index in [1.165, 1.54) is 26.5 Å². The van der Waals surface area contributed by atoms with Crippen molar-refractivity contribution in [2.75, 3.05) is 18.9 Å². The van der Waals surface area contributed by atoms with Gasteiger partial charge >= 0.3 is 5.97 Å². The maximum absolute atomic E-state index is 12.8. The average molecular weight is 477 g/mol. The van der Waals surface area contributed by atoms with Gasteiger partial charge in [0, 0.05) is 16.2 Å². The number of methoxy groups -OCH3 is 2. The number of hydrogen-bond donors (Lipinski definition) is 1. The van der Waals surface area contributed by atoms with Gasteiger partial charge < -0.3 is 9.47 Å². The van der Waals surface area contributed by atoms with Gasteiger partial charge in [-0.05, 0) is 42.0 Å². The van der Waals surface area contributed by atoms with Gasteiger partial charge in [-0.1, -0.05) is 28.1 Å². The number of hydrogen-bond acceptors (Lipinski definition) is 6. The number of nitrogens with zero attached hydrogens (tertiary/aromatic N) is 1. The molecule has 0 bridgehead atoms. The second kappa shape index (κ2) is 8.62. The van der Waals surface area contributed by atoms with Gasteiger partial charge in [-0.2, -0.15) is 0 Å². The Morgan fingerprint density at radius 2 is 1.72 bits per heavy atom. The third-order valence-corrected chi connectivity index (χ3v) is 5.94. The molecule has 0 aliphatic rings. The van der Waals surface area contributed by atoms with Gasteiger partial charge in [0.1, 0.15) is 10.6 Å². The molecule has 1 heterocycles. The van der Waals surface area contributed by atoms with Crippen molar-refractivity contribution in [3.63, 3.8) is 0 Å². The molecule has 1 aromatic heterocycles. The summed E-state index contributed by atoms with van der Waals surface area (Å²) in [7, 11) is -1.18. The van der Waals surface area contributed by atoms with Crippen LogP contribution in [0.4, 0.5) is 5.69 Å². The number of carbonyl (C=O) groups excluding carboxylic acids is 1. The largest absolute Gasteiger partial charge is 0.495 e. The first-order valence-electron chi connectivity index (χ1n) is 8.34. The maximum atomic E-state index is 12.8. The molecule has 7 nitrogen and oxygen atoms in total. The molecule has 3 rings (SSSR count). The highest BCUT2D eigenvalue weighted by molar-refractivity contribution is 9.10. The number of anilines is 1. The zero-order valence-electron chi connectivity index (χ0n) is 15.5. The van der Waals surface area contributed by atoms with Crippen LogP contribution in [-0.2, 0) is 14.8 Å². The summed E-state index contributed by atoms with van der Waals surface area (Å²) in [5.41, 5.74) is 2.17. The van der Waals surface area contributed by atoms with Crippen molar-refractivity contribution in [1.82, 2.24) is 4.98 Å². The van der Waals surface area contributed by atoms with Crippen LogP contribution in [0.5, 0.6) is 5.75 Å². The van der Waals surface area contributed by atoms with Crippen LogP contribution < -0.4 is 9.46 Å². The fourth-order valence-corrected chi connectivity index (χ4v) is 4.38. The average Bonchev–Trinajstić information content (AvgIpc) is 2.73. The van der Waals surface area contributed by atoms with E-state index >= 15 is 0 Å². The topological polar surface area (TPSA) is 94.6 Å². The smallest absolute Gasteiger partial charge is 0.337 e. The van der Waals surface area contributed by atoms with Crippen LogP contribution >= 0.6 is 15.9 Å². The van der Waals surface area contributed by atoms with E-state index in [0.29, 0.717) is 21.3 Å². The summed E-state index contributed by atoms with van der Waals surface area (Å²) in [5, 5.41) is 0. The van der Waals surface area contributed by atoms with E-state index in [2.05, 4.69) is 30.4 Å². The van der Waals surface area contributed by atoms with E-state index in [4.69, 9.17) is 4.74 Å². The number of ether oxygens (including phenoxy) is 2. The number of halogens is 1. The van der Waals surface area contributed by atoms with Crippen LogP contribution in [0.1, 0.15) is 10.4 Å². The number of sulfonamides is 1. The quantitative estimate of drug-likeness (QED) is 0.538. The lowest BCUT2D eigenvalue weighted by Crippen LogP contribution is -2.14. The van der Waals surface area contributed by atoms with Crippen LogP contribution in [0.25, 0.3) is 11.1 Å². The monoisotopic (exact) mass is 476 g/mol. The van der Waals surface area contributed by atoms with Gasteiger partial charge in [0.2, 0.25) is 0 Å². The number of nitrogens with one attached hydrogen (secondary N) is 1. The zero-order chi connectivity index (χ0) is 21.0. The summed E-state index contributed by atoms with van der Waals surface area (Å²) in [5.74, 6) is -0.206. The Balaban J connectivity index is 1.90. The lowest BCUT2D eigenvalue weighted by Gasteiger charge is -2.12. The Bertz CT molecular complexity index is 1150. The molecule has 0 aliphatic carbocycles. The Morgan fingerprint density at radius 3 is 2.38 bits per heavy atom. The van der Waals surface area contributed by atoms with Gasteiger partial charge in [0.05, 0.1) is 31.7 Å². The van der Waals surface area contributed by atoms with Crippen LogP contribution in [0, 0.1) is 0 Å². The first-order chi connectivity index (χ1) is 13.8. The van der Waals surface area contributed by atoms with Crippen LogP contribution in [0.15, 0.2) is 70.3 Å². The van der Waals surface area contributed by atoms with E-state index in [1.54, 1.807) is 48.7 Å². The molecule has 0 aliphatic heterocycles. The predicted molar refractivity (Wildman–Crippen MR) is 113 cm³/mol. The first kappa shape index (κ1) is 20.8. The van der Waals surface area contributed by atoms with Crippen molar-refractivity contribution >= 4 is 37.6 Å². The molecule has 0 spiro atoms. The molecule has 0 fully saturated rings. The maximum Gasteiger partial charge on any atom is 0.337 e. The number of pyridine rings is 1. The number of rotatable bonds is 6. The predicted octanol–water partition coefficient (Wildman–Crippen LogP) is 4.11. The lowest BCUT2D eigenvalue weighted by atomic mass is 10.1. The minimum absolute atomic E-state index is 0.00205. The normalized spacial score (nSPS) is 11.0. The van der Waals surface area contributed by atoms with Gasteiger partial charge in [-0.25, -0.2) is 13.2 Å². The summed E-state index contributed by atoms with van der Waals surface area (Å²) >= 11 is 3.27. The molecule has 29 heavy (non-hydrogen) atoms. The van der Waals surface area contributed by atoms with Crippen molar-refractivity contribution < 1.29 is 22.7 Å². The van der Waals surface area contributed by atoms with Gasteiger partial charge in [0.25, 0.3) is 10.0 Å². The second-order valence-corrected chi connectivity index (χ2v) is 8.50. The SMILES string of the molecule is COC(=O)c1ccc(-c2cncc(NS(=O)(=O)c3cc(Br)ccc3OC)c2)cc1. The molecule has 0 radical (unpaired) electrons. The third kappa shape index (κ3) is 4.75. The van der Waals surface area contributed by atoms with Crippen molar-refractivity contribution in [2.45, 2.75) is 4.90 Å². The van der Waals surface area contributed by atoms with Crippen molar-refractivity contribution in [1.29, 1.82) is 0 Å². The standard InChI is InChI=1S/C20H17BrN2O5S/c1-27-18-8-7-16(21)10-19(18)29(25,26)23-17-9-15(11-22-12-17)13-3-5-14(6-4-13)20(24)28-2/h3-12,23H,1-2H3. The Hall–Kier alpha value is -2.91. The fraction of sp³-hybridized carbons (Fsp3) is 0.100. The molecule has 0 amide bonds. The Kier molecular flexibility index (Phi) is 6.19. The van der Waals surface area contributed by atoms with Crippen molar-refractivity contribution in [3.8, 4) is 16.9 Å². The summed E-state index contributed by atoms with van der Waals surface area (Å²) in [6.45, 7) is 0. The van der Waals surface area contributed by atoms with E-state index in [0.717, 1.165) is 5.56 Å². The van der Waals surface area contributed by atoms with E-state index in [9.17, 15) is 13.2 Å². The number of benzene rings is 2. The molecule has 1 N–H and O–H groups in total. The van der Waals surface area contributed by atoms with E-state index in [-0.39, 0.29) is 10.6 Å². The number of aromatic nitrogens is 1. The molecular weight excluding hydrogens is 460 g/mol. The molecule has 0 saturated carbocycles. The summed E-state index contributed by atoms with van der Waals surface area (Å²) in [6, 6.07) is 13.1. The van der Waals surface area contributed by atoms with Crippen molar-refractivity contribution in [3.05, 3.63) is 71.0 Å². The lowest BCUT2D eigenvalue weighted by molar-refractivity contribution is 0.0600. The van der Waals surface area contributed by atoms with Crippen LogP contribution in [0.2, 0.25) is 0 Å². The molecule has 2 aromatic carbocycles. The zero-order valence-corrected chi connectivity index (χ0v) is 18.0. The first-order valence-corrected chi connectivity index (χ1v) is 10.6. The van der Waals surface area contributed by atoms with Crippen LogP contribution in [-0.4, -0.2) is 33.6 Å². The highest BCUT2D eigenvalue weighted by atomic mass is 79.9.